The normalized spacial score (nSPS) is 12.7. The first-order valence-corrected chi connectivity index (χ1v) is 12.6. The second kappa shape index (κ2) is 9.96. The molecule has 0 aliphatic carbocycles. The van der Waals surface area contributed by atoms with Gasteiger partial charge in [0.25, 0.3) is 0 Å². The minimum atomic E-state index is -3.83. The predicted molar refractivity (Wildman–Crippen MR) is 119 cm³/mol. The zero-order valence-corrected chi connectivity index (χ0v) is 19.9. The number of nitrogens with zero attached hydrogens (tertiary/aromatic N) is 3. The Morgan fingerprint density at radius 1 is 1.38 bits per heavy atom. The summed E-state index contributed by atoms with van der Waals surface area (Å²) < 4.78 is 32.3. The van der Waals surface area contributed by atoms with Gasteiger partial charge >= 0.3 is 0 Å². The third-order valence-electron chi connectivity index (χ3n) is 3.68. The van der Waals surface area contributed by atoms with Crippen LogP contribution in [-0.2, 0) is 14.8 Å². The van der Waals surface area contributed by atoms with E-state index < -0.39 is 22.0 Å². The van der Waals surface area contributed by atoms with Crippen LogP contribution in [-0.4, -0.2) is 49.2 Å². The van der Waals surface area contributed by atoms with E-state index in [-0.39, 0.29) is 17.9 Å². The Bertz CT molecular complexity index is 965. The molecular formula is C17H23ClN4O4S3. The highest BCUT2D eigenvalue weighted by Gasteiger charge is 2.34. The highest BCUT2D eigenvalue weighted by Crippen LogP contribution is 2.35. The monoisotopic (exact) mass is 478 g/mol. The van der Waals surface area contributed by atoms with Crippen LogP contribution in [0.1, 0.15) is 27.2 Å². The number of benzene rings is 1. The Kier molecular flexibility index (Phi) is 8.15. The number of aromatic nitrogens is 2. The smallest absolute Gasteiger partial charge is 0.250 e. The van der Waals surface area contributed by atoms with Crippen LogP contribution in [0, 0.1) is 0 Å². The molecule has 0 radical (unpaired) electrons. The lowest BCUT2D eigenvalue weighted by Crippen LogP contribution is -2.47. The third kappa shape index (κ3) is 6.21. The first-order chi connectivity index (χ1) is 13.6. The van der Waals surface area contributed by atoms with Crippen LogP contribution in [0.3, 0.4) is 0 Å². The maximum absolute atomic E-state index is 13.0. The summed E-state index contributed by atoms with van der Waals surface area (Å²) in [5.41, 5.74) is 0.192. The molecule has 0 saturated carbocycles. The summed E-state index contributed by atoms with van der Waals surface area (Å²) in [5.74, 6) is -0.227. The maximum atomic E-state index is 13.0. The van der Waals surface area contributed by atoms with E-state index in [4.69, 9.17) is 16.3 Å². The molecule has 2 aromatic rings. The molecule has 1 aromatic heterocycles. The summed E-state index contributed by atoms with van der Waals surface area (Å²) in [6.45, 7) is 5.78. The van der Waals surface area contributed by atoms with Crippen LogP contribution >= 0.6 is 34.7 Å². The van der Waals surface area contributed by atoms with Crippen LogP contribution in [0.15, 0.2) is 22.5 Å². The maximum Gasteiger partial charge on any atom is 0.250 e. The molecule has 0 saturated heterocycles. The summed E-state index contributed by atoms with van der Waals surface area (Å²) >= 11 is 8.84. The van der Waals surface area contributed by atoms with E-state index in [9.17, 15) is 13.2 Å². The van der Waals surface area contributed by atoms with Gasteiger partial charge in [0, 0.05) is 10.3 Å². The fourth-order valence-corrected chi connectivity index (χ4v) is 5.92. The van der Waals surface area contributed by atoms with Crippen LogP contribution < -0.4 is 14.4 Å². The second-order valence-electron chi connectivity index (χ2n) is 6.33. The summed E-state index contributed by atoms with van der Waals surface area (Å²) in [6, 6.07) is 3.57. The van der Waals surface area contributed by atoms with E-state index >= 15 is 0 Å². The van der Waals surface area contributed by atoms with Gasteiger partial charge in [-0.05, 0) is 24.6 Å². The van der Waals surface area contributed by atoms with Crippen molar-refractivity contribution < 1.29 is 17.9 Å². The lowest BCUT2D eigenvalue weighted by atomic mass is 10.2. The van der Waals surface area contributed by atoms with Gasteiger partial charge < -0.3 is 4.74 Å². The molecule has 8 nitrogen and oxygen atoms in total. The van der Waals surface area contributed by atoms with Gasteiger partial charge in [-0.1, -0.05) is 55.5 Å². The number of hydrogen-bond acceptors (Lipinski definition) is 8. The molecule has 29 heavy (non-hydrogen) atoms. The van der Waals surface area contributed by atoms with Crippen molar-refractivity contribution in [3.05, 3.63) is 23.2 Å². The van der Waals surface area contributed by atoms with Crippen LogP contribution in [0.25, 0.3) is 0 Å². The number of thioether (sulfide) groups is 1. The number of amides is 1. The molecule has 1 heterocycles. The summed E-state index contributed by atoms with van der Waals surface area (Å²) in [4.78, 5) is 13.0. The van der Waals surface area contributed by atoms with Gasteiger partial charge in [0.2, 0.25) is 21.1 Å². The molecule has 0 aliphatic rings. The topological polar surface area (TPSA) is 101 Å². The van der Waals surface area contributed by atoms with Crippen molar-refractivity contribution in [3.8, 4) is 5.75 Å². The molecule has 0 fully saturated rings. The molecule has 1 atom stereocenters. The number of nitrogens with one attached hydrogen (secondary N) is 1. The van der Waals surface area contributed by atoms with Crippen molar-refractivity contribution >= 4 is 61.4 Å². The first-order valence-electron chi connectivity index (χ1n) is 8.70. The summed E-state index contributed by atoms with van der Waals surface area (Å²) in [7, 11) is -2.41. The standard InChI is InChI=1S/C17H23ClN4O4S3/c1-6-12(15(23)19-16-20-21-17(28-16)27-10(2)3)22(29(5,24)25)13-9-11(18)7-8-14(13)26-4/h7-10,12H,6H2,1-5H3,(H,19,20,23)/t12-/m0/s1. The van der Waals surface area contributed by atoms with Gasteiger partial charge in [-0.2, -0.15) is 0 Å². The van der Waals surface area contributed by atoms with Crippen molar-refractivity contribution in [3.63, 3.8) is 0 Å². The second-order valence-corrected chi connectivity index (χ2v) is 11.4. The molecule has 0 spiro atoms. The quantitative estimate of drug-likeness (QED) is 0.431. The lowest BCUT2D eigenvalue weighted by molar-refractivity contribution is -0.117. The zero-order valence-electron chi connectivity index (χ0n) is 16.7. The average Bonchev–Trinajstić information content (AvgIpc) is 3.04. The molecular weight excluding hydrogens is 456 g/mol. The number of carbonyl (C=O) groups is 1. The molecule has 160 valence electrons. The largest absolute Gasteiger partial charge is 0.495 e. The molecule has 0 bridgehead atoms. The SMILES string of the molecule is CC[C@@H](C(=O)Nc1nnc(SC(C)C)s1)N(c1cc(Cl)ccc1OC)S(C)(=O)=O. The van der Waals surface area contributed by atoms with Crippen LogP contribution in [0.2, 0.25) is 5.02 Å². The fourth-order valence-electron chi connectivity index (χ4n) is 2.57. The van der Waals surface area contributed by atoms with Crippen LogP contribution in [0.5, 0.6) is 5.75 Å². The number of methoxy groups -OCH3 is 1. The van der Waals surface area contributed by atoms with Crippen molar-refractivity contribution in [2.24, 2.45) is 0 Å². The van der Waals surface area contributed by atoms with E-state index in [0.29, 0.717) is 15.4 Å². The Balaban J connectivity index is 2.38. The van der Waals surface area contributed by atoms with Gasteiger partial charge in [0.1, 0.15) is 11.8 Å². The molecule has 1 N–H and O–H groups in total. The Morgan fingerprint density at radius 3 is 2.62 bits per heavy atom. The van der Waals surface area contributed by atoms with E-state index in [1.54, 1.807) is 19.1 Å². The fraction of sp³-hybridized carbons (Fsp3) is 0.471. The molecule has 1 amide bonds. The number of rotatable bonds is 9. The van der Waals surface area contributed by atoms with Crippen molar-refractivity contribution in [1.29, 1.82) is 0 Å². The van der Waals surface area contributed by atoms with Gasteiger partial charge in [-0.25, -0.2) is 8.42 Å². The average molecular weight is 479 g/mol. The van der Waals surface area contributed by atoms with E-state index in [1.807, 2.05) is 13.8 Å². The molecule has 1 aromatic carbocycles. The molecule has 0 unspecified atom stereocenters. The summed E-state index contributed by atoms with van der Waals surface area (Å²) in [5, 5.41) is 11.6. The molecule has 12 heteroatoms. The number of hydrogen-bond donors (Lipinski definition) is 1. The number of halogens is 1. The Morgan fingerprint density at radius 2 is 2.07 bits per heavy atom. The number of anilines is 2. The first kappa shape index (κ1) is 23.7. The minimum absolute atomic E-state index is 0.192. The van der Waals surface area contributed by atoms with E-state index in [0.717, 1.165) is 14.9 Å². The van der Waals surface area contributed by atoms with Gasteiger partial charge in [0.05, 0.1) is 19.1 Å². The Hall–Kier alpha value is -1.56. The van der Waals surface area contributed by atoms with Crippen molar-refractivity contribution in [1.82, 2.24) is 10.2 Å². The number of sulfonamides is 1. The van der Waals surface area contributed by atoms with Crippen molar-refractivity contribution in [2.45, 2.75) is 42.8 Å². The highest BCUT2D eigenvalue weighted by atomic mass is 35.5. The Labute approximate surface area is 184 Å². The van der Waals surface area contributed by atoms with Crippen molar-refractivity contribution in [2.75, 3.05) is 23.0 Å². The zero-order chi connectivity index (χ0) is 21.8. The third-order valence-corrected chi connectivity index (χ3v) is 7.01. The summed E-state index contributed by atoms with van der Waals surface area (Å²) in [6.07, 6.45) is 1.26. The van der Waals surface area contributed by atoms with Gasteiger partial charge in [0.15, 0.2) is 4.34 Å². The van der Waals surface area contributed by atoms with E-state index in [2.05, 4.69) is 15.5 Å². The number of carbonyl (C=O) groups excluding carboxylic acids is 1. The van der Waals surface area contributed by atoms with E-state index in [1.165, 1.54) is 36.3 Å². The lowest BCUT2D eigenvalue weighted by Gasteiger charge is -2.30. The highest BCUT2D eigenvalue weighted by molar-refractivity contribution is 8.01. The number of ether oxygens (including phenoxy) is 1. The minimum Gasteiger partial charge on any atom is -0.495 e. The predicted octanol–water partition coefficient (Wildman–Crippen LogP) is 3.88. The van der Waals surface area contributed by atoms with Gasteiger partial charge in [-0.15, -0.1) is 10.2 Å². The molecule has 0 aliphatic heterocycles. The van der Waals surface area contributed by atoms with Crippen LogP contribution in [0.4, 0.5) is 10.8 Å². The molecule has 2 rings (SSSR count). The van der Waals surface area contributed by atoms with Gasteiger partial charge in [-0.3, -0.25) is 14.4 Å².